The zero-order chi connectivity index (χ0) is 21.3. The number of nitrogens with one attached hydrogen (secondary N) is 1. The van der Waals surface area contributed by atoms with Gasteiger partial charge in [-0.3, -0.25) is 4.98 Å². The molecule has 2 amide bonds. The summed E-state index contributed by atoms with van der Waals surface area (Å²) in [6, 6.07) is 11.7. The van der Waals surface area contributed by atoms with E-state index < -0.39 is 0 Å². The Morgan fingerprint density at radius 3 is 2.87 bits per heavy atom. The molecule has 1 aromatic carbocycles. The fraction of sp³-hybridized carbons (Fsp3) is 0.292. The molecule has 1 N–H and O–H groups in total. The Hall–Kier alpha value is -3.61. The van der Waals surface area contributed by atoms with Crippen molar-refractivity contribution in [3.8, 4) is 5.75 Å². The van der Waals surface area contributed by atoms with Crippen molar-refractivity contribution in [1.29, 1.82) is 0 Å². The van der Waals surface area contributed by atoms with Gasteiger partial charge < -0.3 is 19.5 Å². The fourth-order valence-corrected chi connectivity index (χ4v) is 3.53. The maximum atomic E-state index is 12.4. The Labute approximate surface area is 181 Å². The van der Waals surface area contributed by atoms with E-state index in [-0.39, 0.29) is 6.03 Å². The van der Waals surface area contributed by atoms with Crippen molar-refractivity contribution >= 4 is 17.8 Å². The lowest BCUT2D eigenvalue weighted by molar-refractivity contribution is 0.208. The van der Waals surface area contributed by atoms with E-state index in [4.69, 9.17) is 9.26 Å². The number of nitrogens with zero attached hydrogens (tertiary/aromatic N) is 3. The van der Waals surface area contributed by atoms with Crippen LogP contribution in [-0.2, 0) is 6.42 Å². The van der Waals surface area contributed by atoms with Crippen LogP contribution in [0.15, 0.2) is 71.3 Å². The van der Waals surface area contributed by atoms with Crippen molar-refractivity contribution in [2.24, 2.45) is 0 Å². The van der Waals surface area contributed by atoms with Crippen molar-refractivity contribution in [1.82, 2.24) is 15.0 Å². The van der Waals surface area contributed by atoms with Crippen LogP contribution in [0.4, 0.5) is 10.5 Å². The largest absolute Gasteiger partial charge is 0.494 e. The van der Waals surface area contributed by atoms with Gasteiger partial charge in [0.25, 0.3) is 0 Å². The summed E-state index contributed by atoms with van der Waals surface area (Å²) < 4.78 is 10.7. The molecule has 7 nitrogen and oxygen atoms in total. The van der Waals surface area contributed by atoms with E-state index in [9.17, 15) is 4.79 Å². The lowest BCUT2D eigenvalue weighted by Crippen LogP contribution is -2.39. The van der Waals surface area contributed by atoms with Gasteiger partial charge in [0.1, 0.15) is 12.0 Å². The number of amides is 2. The second-order valence-electron chi connectivity index (χ2n) is 7.52. The number of carbonyl (C=O) groups excluding carboxylic acids is 1. The van der Waals surface area contributed by atoms with Gasteiger partial charge in [0.15, 0.2) is 0 Å². The third kappa shape index (κ3) is 6.18. The van der Waals surface area contributed by atoms with Crippen LogP contribution in [0.1, 0.15) is 30.4 Å². The zero-order valence-corrected chi connectivity index (χ0v) is 17.4. The summed E-state index contributed by atoms with van der Waals surface area (Å²) in [5.74, 6) is 0.868. The van der Waals surface area contributed by atoms with Crippen LogP contribution in [0.2, 0.25) is 0 Å². The molecule has 1 aliphatic heterocycles. The third-order valence-corrected chi connectivity index (χ3v) is 5.20. The van der Waals surface area contributed by atoms with Crippen molar-refractivity contribution in [3.05, 3.63) is 78.0 Å². The monoisotopic (exact) mass is 418 g/mol. The first kappa shape index (κ1) is 20.7. The van der Waals surface area contributed by atoms with Crippen LogP contribution in [-0.4, -0.2) is 40.8 Å². The average Bonchev–Trinajstić information content (AvgIpc) is 3.32. The molecule has 0 unspecified atom stereocenters. The van der Waals surface area contributed by atoms with Gasteiger partial charge in [-0.25, -0.2) is 4.79 Å². The summed E-state index contributed by atoms with van der Waals surface area (Å²) in [4.78, 5) is 18.3. The molecule has 0 spiro atoms. The maximum Gasteiger partial charge on any atom is 0.321 e. The third-order valence-electron chi connectivity index (χ3n) is 5.20. The summed E-state index contributed by atoms with van der Waals surface area (Å²) in [6.45, 7) is 2.06. The van der Waals surface area contributed by atoms with Gasteiger partial charge in [0.2, 0.25) is 0 Å². The highest BCUT2D eigenvalue weighted by atomic mass is 16.5. The number of aromatic nitrogens is 2. The van der Waals surface area contributed by atoms with Crippen LogP contribution in [0.3, 0.4) is 0 Å². The molecule has 0 aliphatic carbocycles. The molecule has 4 rings (SSSR count). The summed E-state index contributed by atoms with van der Waals surface area (Å²) in [7, 11) is 0. The number of anilines is 1. The predicted molar refractivity (Wildman–Crippen MR) is 119 cm³/mol. The molecule has 3 aromatic rings. The predicted octanol–water partition coefficient (Wildman–Crippen LogP) is 4.79. The highest BCUT2D eigenvalue weighted by Gasteiger charge is 2.19. The zero-order valence-electron chi connectivity index (χ0n) is 17.4. The van der Waals surface area contributed by atoms with Gasteiger partial charge >= 0.3 is 6.03 Å². The Morgan fingerprint density at radius 2 is 2.10 bits per heavy atom. The molecule has 3 heterocycles. The molecule has 1 fully saturated rings. The number of benzene rings is 1. The molecular weight excluding hydrogens is 392 g/mol. The number of aryl methyl sites for hydroxylation is 1. The molecule has 160 valence electrons. The number of ether oxygens (including phenoxy) is 1. The molecule has 0 saturated carbocycles. The van der Waals surface area contributed by atoms with Crippen LogP contribution in [0.5, 0.6) is 5.75 Å². The van der Waals surface area contributed by atoms with Gasteiger partial charge in [-0.2, -0.15) is 0 Å². The van der Waals surface area contributed by atoms with Gasteiger partial charge in [0.05, 0.1) is 24.7 Å². The molecule has 1 aliphatic rings. The van der Waals surface area contributed by atoms with Gasteiger partial charge in [-0.05, 0) is 55.5 Å². The highest BCUT2D eigenvalue weighted by Crippen LogP contribution is 2.22. The van der Waals surface area contributed by atoms with Crippen LogP contribution in [0.25, 0.3) is 6.08 Å². The highest BCUT2D eigenvalue weighted by molar-refractivity contribution is 5.89. The number of carbonyl (C=O) groups is 1. The van der Waals surface area contributed by atoms with Gasteiger partial charge in [-0.15, -0.1) is 0 Å². The number of urea groups is 1. The summed E-state index contributed by atoms with van der Waals surface area (Å²) in [5.41, 5.74) is 4.27. The lowest BCUT2D eigenvalue weighted by atomic mass is 10.0. The smallest absolute Gasteiger partial charge is 0.321 e. The molecule has 7 heteroatoms. The van der Waals surface area contributed by atoms with E-state index in [0.29, 0.717) is 25.4 Å². The number of piperidine rings is 1. The minimum absolute atomic E-state index is 0.0753. The van der Waals surface area contributed by atoms with Crippen molar-refractivity contribution in [2.45, 2.75) is 25.7 Å². The molecule has 0 radical (unpaired) electrons. The summed E-state index contributed by atoms with van der Waals surface area (Å²) >= 11 is 0. The minimum atomic E-state index is -0.0753. The second kappa shape index (κ2) is 10.4. The van der Waals surface area contributed by atoms with Crippen molar-refractivity contribution < 1.29 is 14.1 Å². The Morgan fingerprint density at radius 1 is 1.19 bits per heavy atom. The molecule has 1 saturated heterocycles. The SMILES string of the molecule is O=C(Nc1cccnc1)N1CCC(=Cc2cccc(OCCCc3cnoc3)c2)CC1. The first-order chi connectivity index (χ1) is 15.3. The number of rotatable bonds is 7. The van der Waals surface area contributed by atoms with E-state index in [2.05, 4.69) is 33.7 Å². The van der Waals surface area contributed by atoms with Gasteiger partial charge in [0, 0.05) is 24.8 Å². The molecule has 0 atom stereocenters. The van der Waals surface area contributed by atoms with Crippen LogP contribution in [0, 0.1) is 0 Å². The Kier molecular flexibility index (Phi) is 6.95. The van der Waals surface area contributed by atoms with Crippen LogP contribution >= 0.6 is 0 Å². The number of pyridine rings is 1. The summed E-state index contributed by atoms with van der Waals surface area (Å²) in [5, 5.41) is 6.61. The first-order valence-electron chi connectivity index (χ1n) is 10.5. The number of hydrogen-bond donors (Lipinski definition) is 1. The lowest BCUT2D eigenvalue weighted by Gasteiger charge is -2.28. The molecule has 0 bridgehead atoms. The molecule has 31 heavy (non-hydrogen) atoms. The topological polar surface area (TPSA) is 80.5 Å². The van der Waals surface area contributed by atoms with E-state index in [0.717, 1.165) is 42.6 Å². The first-order valence-corrected chi connectivity index (χ1v) is 10.5. The van der Waals surface area contributed by atoms with E-state index >= 15 is 0 Å². The van der Waals surface area contributed by atoms with Crippen LogP contribution < -0.4 is 10.1 Å². The average molecular weight is 418 g/mol. The Balaban J connectivity index is 1.24. The van der Waals surface area contributed by atoms with Gasteiger partial charge in [-0.1, -0.05) is 28.9 Å². The van der Waals surface area contributed by atoms with Crippen molar-refractivity contribution in [2.75, 3.05) is 25.0 Å². The van der Waals surface area contributed by atoms with Crippen molar-refractivity contribution in [3.63, 3.8) is 0 Å². The summed E-state index contributed by atoms with van der Waals surface area (Å²) in [6.07, 6.45) is 12.5. The van der Waals surface area contributed by atoms with E-state index in [1.54, 1.807) is 24.9 Å². The Bertz CT molecular complexity index is 993. The molecular formula is C24H26N4O3. The standard InChI is InChI=1S/C24H26N4O3/c29-24(27-22-6-2-10-25-17-22)28-11-8-19(9-12-28)14-20-4-1-7-23(15-20)30-13-3-5-21-16-26-31-18-21/h1-2,4,6-7,10,14-18H,3,5,8-9,11-13H2,(H,27,29). The quantitative estimate of drug-likeness (QED) is 0.558. The molecule has 2 aromatic heterocycles. The number of hydrogen-bond acceptors (Lipinski definition) is 5. The second-order valence-corrected chi connectivity index (χ2v) is 7.52. The van der Waals surface area contributed by atoms with E-state index in [1.165, 1.54) is 5.57 Å². The van der Waals surface area contributed by atoms with E-state index in [1.807, 2.05) is 29.2 Å². The maximum absolute atomic E-state index is 12.4. The fourth-order valence-electron chi connectivity index (χ4n) is 3.53. The minimum Gasteiger partial charge on any atom is -0.494 e. The number of likely N-dealkylation sites (tertiary alicyclic amines) is 1. The normalized spacial score (nSPS) is 13.7.